The van der Waals surface area contributed by atoms with Crippen molar-refractivity contribution in [3.63, 3.8) is 0 Å². The highest BCUT2D eigenvalue weighted by Crippen LogP contribution is 2.28. The molecule has 1 saturated carbocycles. The van der Waals surface area contributed by atoms with Crippen LogP contribution in [0.1, 0.15) is 29.7 Å². The summed E-state index contributed by atoms with van der Waals surface area (Å²) in [6, 6.07) is 0. The zero-order chi connectivity index (χ0) is 11.5. The van der Waals surface area contributed by atoms with Crippen molar-refractivity contribution >= 4 is 0 Å². The van der Waals surface area contributed by atoms with Crippen LogP contribution in [0.15, 0.2) is 6.20 Å². The Bertz CT molecular complexity index is 376. The Morgan fingerprint density at radius 1 is 1.50 bits per heavy atom. The number of pyridine rings is 1. The van der Waals surface area contributed by atoms with Crippen molar-refractivity contribution in [1.29, 1.82) is 0 Å². The number of hydrogen-bond acceptors (Lipinski definition) is 4. The van der Waals surface area contributed by atoms with E-state index in [1.54, 1.807) is 13.1 Å². The fraction of sp³-hybridized carbons (Fsp3) is 0.583. The normalized spacial score (nSPS) is 15.4. The van der Waals surface area contributed by atoms with Gasteiger partial charge in [0.2, 0.25) is 0 Å². The molecule has 1 aromatic heterocycles. The maximum absolute atomic E-state index is 9.88. The molecule has 1 heterocycles. The molecule has 1 aliphatic carbocycles. The summed E-state index contributed by atoms with van der Waals surface area (Å²) < 4.78 is 0. The van der Waals surface area contributed by atoms with Gasteiger partial charge in [-0.1, -0.05) is 0 Å². The zero-order valence-corrected chi connectivity index (χ0v) is 9.53. The zero-order valence-electron chi connectivity index (χ0n) is 9.53. The van der Waals surface area contributed by atoms with E-state index in [9.17, 15) is 10.2 Å². The Kier molecular flexibility index (Phi) is 3.41. The first-order valence-corrected chi connectivity index (χ1v) is 5.70. The third-order valence-corrected chi connectivity index (χ3v) is 3.03. The highest BCUT2D eigenvalue weighted by molar-refractivity contribution is 5.40. The fourth-order valence-corrected chi connectivity index (χ4v) is 1.74. The van der Waals surface area contributed by atoms with Gasteiger partial charge in [-0.2, -0.15) is 0 Å². The van der Waals surface area contributed by atoms with E-state index in [0.29, 0.717) is 17.8 Å². The highest BCUT2D eigenvalue weighted by Gasteiger charge is 2.20. The van der Waals surface area contributed by atoms with Gasteiger partial charge in [-0.15, -0.1) is 0 Å². The number of aryl methyl sites for hydroxylation is 1. The number of nitrogens with one attached hydrogen (secondary N) is 1. The monoisotopic (exact) mass is 222 g/mol. The van der Waals surface area contributed by atoms with E-state index >= 15 is 0 Å². The van der Waals surface area contributed by atoms with Crippen LogP contribution >= 0.6 is 0 Å². The van der Waals surface area contributed by atoms with Crippen LogP contribution in [0.4, 0.5) is 0 Å². The summed E-state index contributed by atoms with van der Waals surface area (Å²) in [4.78, 5) is 4.03. The van der Waals surface area contributed by atoms with Gasteiger partial charge in [-0.3, -0.25) is 4.98 Å². The Labute approximate surface area is 95.3 Å². The Hall–Kier alpha value is -1.13. The number of aliphatic hydroxyl groups excluding tert-OH is 1. The molecule has 0 bridgehead atoms. The van der Waals surface area contributed by atoms with Crippen LogP contribution in [-0.2, 0) is 13.2 Å². The minimum absolute atomic E-state index is 0.0821. The van der Waals surface area contributed by atoms with Crippen LogP contribution in [0, 0.1) is 12.8 Å². The molecule has 2 rings (SSSR count). The van der Waals surface area contributed by atoms with Crippen LogP contribution in [0.3, 0.4) is 0 Å². The maximum atomic E-state index is 9.88. The van der Waals surface area contributed by atoms with E-state index in [-0.39, 0.29) is 12.4 Å². The molecule has 1 aliphatic rings. The van der Waals surface area contributed by atoms with Gasteiger partial charge in [0.15, 0.2) is 0 Å². The average molecular weight is 222 g/mol. The van der Waals surface area contributed by atoms with Crippen molar-refractivity contribution in [2.45, 2.75) is 32.9 Å². The second kappa shape index (κ2) is 4.80. The van der Waals surface area contributed by atoms with Gasteiger partial charge in [-0.25, -0.2) is 0 Å². The van der Waals surface area contributed by atoms with Gasteiger partial charge < -0.3 is 15.5 Å². The molecule has 1 aromatic rings. The quantitative estimate of drug-likeness (QED) is 0.697. The van der Waals surface area contributed by atoms with E-state index in [0.717, 1.165) is 18.0 Å². The van der Waals surface area contributed by atoms with Crippen molar-refractivity contribution in [2.75, 3.05) is 6.54 Å². The number of aromatic nitrogens is 1. The van der Waals surface area contributed by atoms with Crippen molar-refractivity contribution in [1.82, 2.24) is 10.3 Å². The summed E-state index contributed by atoms with van der Waals surface area (Å²) in [6.45, 7) is 3.27. The summed E-state index contributed by atoms with van der Waals surface area (Å²) in [5.41, 5.74) is 2.09. The summed E-state index contributed by atoms with van der Waals surface area (Å²) >= 11 is 0. The molecule has 3 N–H and O–H groups in total. The Morgan fingerprint density at radius 2 is 2.25 bits per heavy atom. The maximum Gasteiger partial charge on any atom is 0.141 e. The molecule has 0 saturated heterocycles. The van der Waals surface area contributed by atoms with Crippen molar-refractivity contribution in [3.05, 3.63) is 23.0 Å². The van der Waals surface area contributed by atoms with E-state index in [1.807, 2.05) is 0 Å². The topological polar surface area (TPSA) is 65.4 Å². The molecule has 16 heavy (non-hydrogen) atoms. The molecule has 0 unspecified atom stereocenters. The van der Waals surface area contributed by atoms with E-state index in [4.69, 9.17) is 0 Å². The van der Waals surface area contributed by atoms with Crippen molar-refractivity contribution in [2.24, 2.45) is 5.92 Å². The smallest absolute Gasteiger partial charge is 0.141 e. The predicted octanol–water partition coefficient (Wildman–Crippen LogP) is 1.09. The second-order valence-corrected chi connectivity index (χ2v) is 4.43. The molecule has 4 nitrogen and oxygen atoms in total. The molecule has 0 spiro atoms. The molecule has 0 aliphatic heterocycles. The first kappa shape index (κ1) is 11.4. The lowest BCUT2D eigenvalue weighted by molar-refractivity contribution is 0.278. The summed E-state index contributed by atoms with van der Waals surface area (Å²) in [5.74, 6) is 1.01. The van der Waals surface area contributed by atoms with Gasteiger partial charge in [0.1, 0.15) is 5.75 Å². The molecule has 0 aromatic carbocycles. The van der Waals surface area contributed by atoms with Gasteiger partial charge in [0, 0.05) is 23.9 Å². The summed E-state index contributed by atoms with van der Waals surface area (Å²) in [7, 11) is 0. The minimum atomic E-state index is -0.0821. The molecular formula is C12H18N2O2. The van der Waals surface area contributed by atoms with Crippen LogP contribution in [0.2, 0.25) is 0 Å². The lowest BCUT2D eigenvalue weighted by Crippen LogP contribution is -2.17. The van der Waals surface area contributed by atoms with E-state index < -0.39 is 0 Å². The number of hydrogen-bond donors (Lipinski definition) is 3. The van der Waals surface area contributed by atoms with E-state index in [2.05, 4.69) is 10.3 Å². The third-order valence-electron chi connectivity index (χ3n) is 3.03. The van der Waals surface area contributed by atoms with Crippen LogP contribution in [0.25, 0.3) is 0 Å². The van der Waals surface area contributed by atoms with Crippen molar-refractivity contribution < 1.29 is 10.2 Å². The number of rotatable bonds is 5. The lowest BCUT2D eigenvalue weighted by atomic mass is 10.1. The molecule has 4 heteroatoms. The number of aromatic hydroxyl groups is 1. The average Bonchev–Trinajstić information content (AvgIpc) is 3.08. The molecule has 88 valence electrons. The highest BCUT2D eigenvalue weighted by atomic mass is 16.3. The second-order valence-electron chi connectivity index (χ2n) is 4.43. The Morgan fingerprint density at radius 3 is 2.88 bits per heavy atom. The molecule has 0 amide bonds. The first-order chi connectivity index (χ1) is 7.72. The SMILES string of the molecule is Cc1ncc(CO)c(CNCC2CC2)c1O. The fourth-order valence-electron chi connectivity index (χ4n) is 1.74. The van der Waals surface area contributed by atoms with Crippen molar-refractivity contribution in [3.8, 4) is 5.75 Å². The first-order valence-electron chi connectivity index (χ1n) is 5.70. The van der Waals surface area contributed by atoms with Gasteiger partial charge >= 0.3 is 0 Å². The van der Waals surface area contributed by atoms with Gasteiger partial charge in [0.05, 0.1) is 12.3 Å². The largest absolute Gasteiger partial charge is 0.506 e. The number of aliphatic hydroxyl groups is 1. The van der Waals surface area contributed by atoms with Crippen LogP contribution < -0.4 is 5.32 Å². The summed E-state index contributed by atoms with van der Waals surface area (Å²) in [6.07, 6.45) is 4.24. The number of nitrogens with zero attached hydrogens (tertiary/aromatic N) is 1. The molecule has 0 atom stereocenters. The predicted molar refractivity (Wildman–Crippen MR) is 61.0 cm³/mol. The van der Waals surface area contributed by atoms with Crippen LogP contribution in [0.5, 0.6) is 5.75 Å². The van der Waals surface area contributed by atoms with Gasteiger partial charge in [-0.05, 0) is 32.2 Å². The third kappa shape index (κ3) is 2.51. The Balaban J connectivity index is 2.06. The standard InChI is InChI=1S/C12H18N2O2/c1-8-12(16)11(10(7-15)5-14-8)6-13-4-9-2-3-9/h5,9,13,15-16H,2-4,6-7H2,1H3. The summed E-state index contributed by atoms with van der Waals surface area (Å²) in [5, 5.41) is 22.4. The van der Waals surface area contributed by atoms with Crippen LogP contribution in [-0.4, -0.2) is 21.7 Å². The van der Waals surface area contributed by atoms with Gasteiger partial charge in [0.25, 0.3) is 0 Å². The molecular weight excluding hydrogens is 204 g/mol. The lowest BCUT2D eigenvalue weighted by Gasteiger charge is -2.12. The van der Waals surface area contributed by atoms with E-state index in [1.165, 1.54) is 12.8 Å². The minimum Gasteiger partial charge on any atom is -0.506 e. The molecule has 0 radical (unpaired) electrons. The molecule has 1 fully saturated rings.